The first-order valence-corrected chi connectivity index (χ1v) is 40.3. The number of carbonyl (C=O) groups is 4. The fraction of sp³-hybridized carbons (Fsp3) is 0.944. The van der Waals surface area contributed by atoms with Crippen LogP contribution in [0.4, 0.5) is 0 Å². The fourth-order valence-corrected chi connectivity index (χ4v) is 12.4. The molecule has 0 amide bonds. The first kappa shape index (κ1) is 89.1. The lowest BCUT2D eigenvalue weighted by molar-refractivity contribution is -0.161. The number of ether oxygens (including phenoxy) is 4. The van der Waals surface area contributed by atoms with Crippen LogP contribution in [0.2, 0.25) is 0 Å². The zero-order valence-corrected chi connectivity index (χ0v) is 61.3. The number of phosphoric acid groups is 2. The Morgan fingerprint density at radius 3 is 0.780 bits per heavy atom. The van der Waals surface area contributed by atoms with Crippen molar-refractivity contribution in [3.8, 4) is 0 Å². The van der Waals surface area contributed by atoms with E-state index < -0.39 is 97.5 Å². The van der Waals surface area contributed by atoms with Crippen LogP contribution in [-0.2, 0) is 65.4 Å². The van der Waals surface area contributed by atoms with Gasteiger partial charge in [0.1, 0.15) is 19.3 Å². The minimum Gasteiger partial charge on any atom is -0.462 e. The lowest BCUT2D eigenvalue weighted by Gasteiger charge is -2.21. The molecule has 0 aliphatic rings. The van der Waals surface area contributed by atoms with Crippen LogP contribution >= 0.6 is 15.6 Å². The van der Waals surface area contributed by atoms with Crippen LogP contribution in [0.3, 0.4) is 0 Å². The Labute approximate surface area is 556 Å². The third-order valence-corrected chi connectivity index (χ3v) is 19.2. The summed E-state index contributed by atoms with van der Waals surface area (Å²) in [5.74, 6) is 0.875. The number of hydrogen-bond acceptors (Lipinski definition) is 15. The van der Waals surface area contributed by atoms with Gasteiger partial charge in [-0.15, -0.1) is 0 Å². The predicted molar refractivity (Wildman–Crippen MR) is 367 cm³/mol. The number of unbranched alkanes of at least 4 members (excludes halogenated alkanes) is 33. The fourth-order valence-electron chi connectivity index (χ4n) is 10.8. The number of hydrogen-bond donors (Lipinski definition) is 3. The molecule has 540 valence electrons. The number of aliphatic hydroxyl groups excluding tert-OH is 1. The summed E-state index contributed by atoms with van der Waals surface area (Å²) in [6.45, 7) is 14.1. The van der Waals surface area contributed by atoms with Gasteiger partial charge in [0.05, 0.1) is 26.4 Å². The van der Waals surface area contributed by atoms with Crippen molar-refractivity contribution in [1.29, 1.82) is 0 Å². The molecule has 17 nitrogen and oxygen atoms in total. The van der Waals surface area contributed by atoms with Gasteiger partial charge >= 0.3 is 39.5 Å². The molecule has 0 aromatic heterocycles. The summed E-state index contributed by atoms with van der Waals surface area (Å²) >= 11 is 0. The highest BCUT2D eigenvalue weighted by Gasteiger charge is 2.30. The van der Waals surface area contributed by atoms with Crippen molar-refractivity contribution in [2.24, 2.45) is 23.7 Å². The van der Waals surface area contributed by atoms with E-state index in [0.717, 1.165) is 114 Å². The maximum atomic E-state index is 13.0. The first-order chi connectivity index (χ1) is 43.7. The van der Waals surface area contributed by atoms with Crippen molar-refractivity contribution in [1.82, 2.24) is 0 Å². The molecule has 0 fully saturated rings. The van der Waals surface area contributed by atoms with Crippen molar-refractivity contribution in [3.63, 3.8) is 0 Å². The van der Waals surface area contributed by atoms with Crippen LogP contribution in [0.25, 0.3) is 0 Å². The van der Waals surface area contributed by atoms with Gasteiger partial charge in [-0.25, -0.2) is 9.13 Å². The number of rotatable bonds is 69. The molecule has 0 radical (unpaired) electrons. The van der Waals surface area contributed by atoms with Crippen LogP contribution in [0, 0.1) is 23.7 Å². The maximum absolute atomic E-state index is 13.0. The molecule has 7 atom stereocenters. The Bertz CT molecular complexity index is 1800. The molecule has 3 N–H and O–H groups in total. The normalized spacial score (nSPS) is 14.8. The second-order valence-electron chi connectivity index (χ2n) is 27.4. The molecule has 0 saturated heterocycles. The van der Waals surface area contributed by atoms with Crippen molar-refractivity contribution >= 4 is 39.5 Å². The van der Waals surface area contributed by atoms with Gasteiger partial charge in [0.25, 0.3) is 0 Å². The molecule has 0 heterocycles. The summed E-state index contributed by atoms with van der Waals surface area (Å²) in [6, 6.07) is 0. The van der Waals surface area contributed by atoms with Gasteiger partial charge in [-0.1, -0.05) is 306 Å². The molecule has 0 aromatic carbocycles. The van der Waals surface area contributed by atoms with Crippen molar-refractivity contribution < 1.29 is 80.2 Å². The smallest absolute Gasteiger partial charge is 0.462 e. The molecule has 91 heavy (non-hydrogen) atoms. The lowest BCUT2D eigenvalue weighted by atomic mass is 9.99. The predicted octanol–water partition coefficient (Wildman–Crippen LogP) is 20.5. The second-order valence-corrected chi connectivity index (χ2v) is 30.3. The molecular weight excluding hydrogens is 1200 g/mol. The molecule has 0 aliphatic carbocycles. The molecule has 0 aliphatic heterocycles. The van der Waals surface area contributed by atoms with E-state index in [2.05, 4.69) is 55.4 Å². The van der Waals surface area contributed by atoms with E-state index in [1.807, 2.05) is 0 Å². The molecule has 5 unspecified atom stereocenters. The van der Waals surface area contributed by atoms with Crippen LogP contribution in [0.15, 0.2) is 0 Å². The summed E-state index contributed by atoms with van der Waals surface area (Å²) in [7, 11) is -9.90. The molecule has 0 saturated carbocycles. The van der Waals surface area contributed by atoms with Gasteiger partial charge in [-0.2, -0.15) is 0 Å². The quantitative estimate of drug-likeness (QED) is 0.0222. The molecule has 19 heteroatoms. The van der Waals surface area contributed by atoms with Crippen LogP contribution in [-0.4, -0.2) is 96.7 Å². The van der Waals surface area contributed by atoms with E-state index in [0.29, 0.717) is 31.6 Å². The van der Waals surface area contributed by atoms with E-state index >= 15 is 0 Å². The highest BCUT2D eigenvalue weighted by Crippen LogP contribution is 2.45. The van der Waals surface area contributed by atoms with Gasteiger partial charge in [-0.3, -0.25) is 37.3 Å². The third kappa shape index (κ3) is 63.9. The third-order valence-electron chi connectivity index (χ3n) is 17.3. The van der Waals surface area contributed by atoms with Gasteiger partial charge in [0, 0.05) is 25.7 Å². The Balaban J connectivity index is 5.20. The molecule has 0 aromatic rings. The number of carbonyl (C=O) groups excluding carboxylic acids is 4. The summed E-state index contributed by atoms with van der Waals surface area (Å²) in [4.78, 5) is 72.6. The maximum Gasteiger partial charge on any atom is 0.472 e. The monoisotopic (exact) mass is 1340 g/mol. The largest absolute Gasteiger partial charge is 0.472 e. The molecule has 0 rings (SSSR count). The molecule has 0 spiro atoms. The van der Waals surface area contributed by atoms with Crippen molar-refractivity contribution in [3.05, 3.63) is 0 Å². The second kappa shape index (κ2) is 61.6. The molecular formula is C72H140O17P2. The Morgan fingerprint density at radius 2 is 0.527 bits per heavy atom. The topological polar surface area (TPSA) is 237 Å². The average molecular weight is 1340 g/mol. The standard InChI is InChI=1S/C72H140O17P2/c1-9-64(7)50-42-34-26-21-22-28-38-46-54-71(76)88-67(58-82-69(74)52-44-36-27-20-18-16-14-12-11-13-15-17-19-24-32-40-48-62(3)4)60-86-90(78,79)84-56-66(73)57-85-91(80,81)87-61-68(89-72(77)55-47-39-31-30-35-43-51-65(8)10-2)59-83-70(75)53-45-37-29-23-25-33-41-49-63(5)6/h62-68,73H,9-61H2,1-8H3,(H,78,79)(H,80,81)/t64?,65?,66?,67-,68-/m1/s1. The molecule has 0 bridgehead atoms. The Hall–Kier alpha value is -1.94. The summed E-state index contributed by atoms with van der Waals surface area (Å²) in [5.41, 5.74) is 0. The van der Waals surface area contributed by atoms with Crippen LogP contribution < -0.4 is 0 Å². The van der Waals surface area contributed by atoms with E-state index in [9.17, 15) is 43.2 Å². The van der Waals surface area contributed by atoms with Crippen LogP contribution in [0.1, 0.15) is 357 Å². The highest BCUT2D eigenvalue weighted by atomic mass is 31.2. The van der Waals surface area contributed by atoms with Crippen LogP contribution in [0.5, 0.6) is 0 Å². The van der Waals surface area contributed by atoms with E-state index in [1.165, 1.54) is 154 Å². The number of phosphoric ester groups is 2. The van der Waals surface area contributed by atoms with E-state index in [-0.39, 0.29) is 25.7 Å². The number of esters is 4. The van der Waals surface area contributed by atoms with E-state index in [4.69, 9.17) is 37.0 Å². The first-order valence-electron chi connectivity index (χ1n) is 37.3. The van der Waals surface area contributed by atoms with Gasteiger partial charge < -0.3 is 33.8 Å². The Morgan fingerprint density at radius 1 is 0.308 bits per heavy atom. The summed E-state index contributed by atoms with van der Waals surface area (Å²) < 4.78 is 68.3. The highest BCUT2D eigenvalue weighted by molar-refractivity contribution is 7.47. The minimum absolute atomic E-state index is 0.102. The average Bonchev–Trinajstić information content (AvgIpc) is 3.64. The van der Waals surface area contributed by atoms with Gasteiger partial charge in [0.15, 0.2) is 12.2 Å². The van der Waals surface area contributed by atoms with Crippen molar-refractivity contribution in [2.45, 2.75) is 375 Å². The minimum atomic E-state index is -4.95. The SMILES string of the molecule is CCC(C)CCCCCCCCCCC(=O)O[C@H](COC(=O)CCCCCCCCCCCCCCCCCCC(C)C)COP(=O)(O)OCC(O)COP(=O)(O)OC[C@@H](COC(=O)CCCCCCCCCC(C)C)OC(=O)CCCCCCCCC(C)CC. The zero-order valence-electron chi connectivity index (χ0n) is 59.5. The lowest BCUT2D eigenvalue weighted by Crippen LogP contribution is -2.30. The summed E-state index contributed by atoms with van der Waals surface area (Å²) in [5, 5.41) is 10.6. The number of aliphatic hydroxyl groups is 1. The van der Waals surface area contributed by atoms with Gasteiger partial charge in [-0.05, 0) is 49.4 Å². The Kier molecular flexibility index (Phi) is 60.3. The van der Waals surface area contributed by atoms with Gasteiger partial charge in [0.2, 0.25) is 0 Å². The van der Waals surface area contributed by atoms with E-state index in [1.54, 1.807) is 0 Å². The summed E-state index contributed by atoms with van der Waals surface area (Å²) in [6.07, 6.45) is 44.6. The van der Waals surface area contributed by atoms with Crippen molar-refractivity contribution in [2.75, 3.05) is 39.6 Å². The zero-order chi connectivity index (χ0) is 67.5.